The van der Waals surface area contributed by atoms with Crippen LogP contribution in [0.3, 0.4) is 0 Å². The Labute approximate surface area is 201 Å². The third kappa shape index (κ3) is 6.85. The summed E-state index contributed by atoms with van der Waals surface area (Å²) in [6.45, 7) is 11.8. The van der Waals surface area contributed by atoms with E-state index < -0.39 is 0 Å². The average Bonchev–Trinajstić information content (AvgIpc) is 3.17. The Bertz CT molecular complexity index is 1070. The number of thioether (sulfide) groups is 1. The maximum absolute atomic E-state index is 3.56. The van der Waals surface area contributed by atoms with E-state index in [1.54, 1.807) is 11.8 Å². The third-order valence-electron chi connectivity index (χ3n) is 5.06. The van der Waals surface area contributed by atoms with Crippen LogP contribution in [0.5, 0.6) is 0 Å². The Morgan fingerprint density at radius 3 is 2.50 bits per heavy atom. The standard InChI is InChI=1S/C26H28N2S2.C2H6/c1-4-27-24(29-21-10-6-5-7-11-21)15-19-14-20(18-26(2,3)17-19)16-25-28-22-12-8-9-13-23(22)30-25;1-2/h5-16,27H,4,17-18H2,1-3H3;1-2H3/p+1. The van der Waals surface area contributed by atoms with Gasteiger partial charge in [-0.15, -0.1) is 0 Å². The van der Waals surface area contributed by atoms with Gasteiger partial charge in [0.1, 0.15) is 4.70 Å². The van der Waals surface area contributed by atoms with Crippen molar-refractivity contribution in [3.05, 3.63) is 87.9 Å². The minimum atomic E-state index is 0.248. The van der Waals surface area contributed by atoms with E-state index in [-0.39, 0.29) is 5.41 Å². The van der Waals surface area contributed by atoms with E-state index in [0.29, 0.717) is 0 Å². The van der Waals surface area contributed by atoms with E-state index in [1.807, 2.05) is 25.2 Å². The molecule has 0 unspecified atom stereocenters. The maximum Gasteiger partial charge on any atom is 0.261 e. The fraction of sp³-hybridized carbons (Fsp3) is 0.321. The van der Waals surface area contributed by atoms with Crippen LogP contribution in [0.25, 0.3) is 16.3 Å². The van der Waals surface area contributed by atoms with Crippen molar-refractivity contribution in [1.82, 2.24) is 5.32 Å². The molecule has 0 saturated heterocycles. The quantitative estimate of drug-likeness (QED) is 0.374. The van der Waals surface area contributed by atoms with E-state index in [0.717, 1.165) is 19.4 Å². The highest BCUT2D eigenvalue weighted by molar-refractivity contribution is 8.03. The molecule has 0 saturated carbocycles. The van der Waals surface area contributed by atoms with Crippen molar-refractivity contribution in [2.45, 2.75) is 52.4 Å². The summed E-state index contributed by atoms with van der Waals surface area (Å²) in [7, 11) is 0. The Hall–Kier alpha value is -2.30. The smallest absolute Gasteiger partial charge is 0.261 e. The molecule has 1 aliphatic carbocycles. The monoisotopic (exact) mass is 463 g/mol. The lowest BCUT2D eigenvalue weighted by Crippen LogP contribution is -2.18. The Kier molecular flexibility index (Phi) is 8.77. The van der Waals surface area contributed by atoms with Crippen molar-refractivity contribution >= 4 is 39.4 Å². The van der Waals surface area contributed by atoms with Crippen molar-refractivity contribution < 1.29 is 4.98 Å². The van der Waals surface area contributed by atoms with Gasteiger partial charge in [-0.2, -0.15) is 4.98 Å². The second-order valence-corrected chi connectivity index (χ2v) is 10.7. The van der Waals surface area contributed by atoms with Gasteiger partial charge in [0.2, 0.25) is 5.52 Å². The highest BCUT2D eigenvalue weighted by atomic mass is 32.2. The molecule has 4 rings (SSSR count). The number of rotatable bonds is 6. The molecule has 2 N–H and O–H groups in total. The Balaban J connectivity index is 0.00000141. The van der Waals surface area contributed by atoms with Gasteiger partial charge in [0, 0.05) is 23.6 Å². The first-order valence-corrected chi connectivity index (χ1v) is 13.1. The van der Waals surface area contributed by atoms with Gasteiger partial charge in [-0.05, 0) is 60.6 Å². The second kappa shape index (κ2) is 11.5. The van der Waals surface area contributed by atoms with Gasteiger partial charge in [0.25, 0.3) is 5.01 Å². The molecule has 2 aromatic carbocycles. The van der Waals surface area contributed by atoms with E-state index >= 15 is 0 Å². The Morgan fingerprint density at radius 2 is 1.78 bits per heavy atom. The van der Waals surface area contributed by atoms with Crippen LogP contribution < -0.4 is 10.3 Å². The van der Waals surface area contributed by atoms with E-state index in [2.05, 4.69) is 104 Å². The van der Waals surface area contributed by atoms with Crippen LogP contribution in [-0.2, 0) is 0 Å². The van der Waals surface area contributed by atoms with E-state index in [4.69, 9.17) is 0 Å². The lowest BCUT2D eigenvalue weighted by molar-refractivity contribution is -0.341. The zero-order chi connectivity index (χ0) is 23.0. The number of benzene rings is 2. The van der Waals surface area contributed by atoms with Crippen LogP contribution in [0, 0.1) is 5.41 Å². The fourth-order valence-corrected chi connectivity index (χ4v) is 5.90. The summed E-state index contributed by atoms with van der Waals surface area (Å²) in [5.41, 5.74) is 4.23. The molecule has 1 aliphatic rings. The van der Waals surface area contributed by atoms with E-state index in [1.165, 1.54) is 36.3 Å². The van der Waals surface area contributed by atoms with Crippen LogP contribution in [0.2, 0.25) is 0 Å². The summed E-state index contributed by atoms with van der Waals surface area (Å²) in [4.78, 5) is 4.82. The van der Waals surface area contributed by atoms with Crippen LogP contribution in [0.15, 0.2) is 87.8 Å². The molecule has 0 radical (unpaired) electrons. The molecule has 1 heterocycles. The lowest BCUT2D eigenvalue weighted by atomic mass is 9.75. The number of thiazole rings is 1. The molecular formula is C28H35N2S2+. The summed E-state index contributed by atoms with van der Waals surface area (Å²) in [5.74, 6) is 0. The fourth-order valence-electron chi connectivity index (χ4n) is 3.94. The number of allylic oxidation sites excluding steroid dienone is 4. The summed E-state index contributed by atoms with van der Waals surface area (Å²) < 4.78 is 1.30. The molecular weight excluding hydrogens is 428 g/mol. The number of fused-ring (bicyclic) bond motifs is 1. The molecule has 1 aromatic heterocycles. The van der Waals surface area contributed by atoms with Gasteiger partial charge in [-0.3, -0.25) is 0 Å². The Morgan fingerprint density at radius 1 is 1.06 bits per heavy atom. The highest BCUT2D eigenvalue weighted by Crippen LogP contribution is 2.40. The molecule has 0 spiro atoms. The lowest BCUT2D eigenvalue weighted by Gasteiger charge is -2.30. The van der Waals surface area contributed by atoms with Gasteiger partial charge in [0.05, 0.1) is 5.03 Å². The average molecular weight is 464 g/mol. The zero-order valence-electron chi connectivity index (χ0n) is 19.9. The van der Waals surface area contributed by atoms with Crippen molar-refractivity contribution in [3.63, 3.8) is 0 Å². The van der Waals surface area contributed by atoms with Crippen molar-refractivity contribution in [2.75, 3.05) is 6.54 Å². The first kappa shape index (κ1) is 24.3. The first-order valence-electron chi connectivity index (χ1n) is 11.5. The van der Waals surface area contributed by atoms with E-state index in [9.17, 15) is 0 Å². The summed E-state index contributed by atoms with van der Waals surface area (Å²) in [6.07, 6.45) is 9.23. The summed E-state index contributed by atoms with van der Waals surface area (Å²) in [5, 5.41) is 5.97. The highest BCUT2D eigenvalue weighted by Gasteiger charge is 2.25. The number of hydrogen-bond acceptors (Lipinski definition) is 3. The van der Waals surface area contributed by atoms with Gasteiger partial charge >= 0.3 is 0 Å². The van der Waals surface area contributed by atoms with Crippen molar-refractivity contribution in [2.24, 2.45) is 5.41 Å². The molecule has 0 atom stereocenters. The largest absolute Gasteiger partial charge is 0.380 e. The minimum absolute atomic E-state index is 0.248. The van der Waals surface area contributed by atoms with Gasteiger partial charge < -0.3 is 5.32 Å². The van der Waals surface area contributed by atoms with Crippen LogP contribution in [-0.4, -0.2) is 6.54 Å². The number of nitrogens with one attached hydrogen (secondary N) is 2. The molecule has 0 amide bonds. The van der Waals surface area contributed by atoms with Crippen molar-refractivity contribution in [3.8, 4) is 0 Å². The van der Waals surface area contributed by atoms with Crippen LogP contribution >= 0.6 is 23.1 Å². The molecule has 168 valence electrons. The second-order valence-electron chi connectivity index (χ2n) is 8.50. The third-order valence-corrected chi connectivity index (χ3v) is 7.06. The molecule has 3 aromatic rings. The SMILES string of the molecule is CC.CCNC(=CC1=CC(=Cc2[nH+]c3ccccc3s2)CC(C)(C)C1)Sc1ccccc1. The number of aromatic amines is 1. The number of hydrogen-bond donors (Lipinski definition) is 1. The molecule has 4 heteroatoms. The maximum atomic E-state index is 3.56. The number of H-pyrrole nitrogens is 1. The topological polar surface area (TPSA) is 26.2 Å². The predicted molar refractivity (Wildman–Crippen MR) is 143 cm³/mol. The molecule has 2 nitrogen and oxygen atoms in total. The zero-order valence-corrected chi connectivity index (χ0v) is 21.5. The van der Waals surface area contributed by atoms with Crippen LogP contribution in [0.1, 0.15) is 52.5 Å². The predicted octanol–water partition coefficient (Wildman–Crippen LogP) is 8.11. The molecule has 32 heavy (non-hydrogen) atoms. The molecule has 0 aliphatic heterocycles. The van der Waals surface area contributed by atoms with Gasteiger partial charge in [-0.1, -0.05) is 87.2 Å². The normalized spacial score (nSPS) is 17.0. The molecule has 0 fully saturated rings. The number of para-hydroxylation sites is 1. The van der Waals surface area contributed by atoms with Crippen molar-refractivity contribution in [1.29, 1.82) is 0 Å². The van der Waals surface area contributed by atoms with Crippen LogP contribution in [0.4, 0.5) is 0 Å². The summed E-state index contributed by atoms with van der Waals surface area (Å²) in [6, 6.07) is 19.1. The number of aromatic nitrogens is 1. The minimum Gasteiger partial charge on any atom is -0.380 e. The van der Waals surface area contributed by atoms with Gasteiger partial charge in [0.15, 0.2) is 0 Å². The summed E-state index contributed by atoms with van der Waals surface area (Å²) >= 11 is 3.62. The molecule has 0 bridgehead atoms. The first-order chi connectivity index (χ1) is 15.5. The van der Waals surface area contributed by atoms with Gasteiger partial charge in [-0.25, -0.2) is 0 Å².